The van der Waals surface area contributed by atoms with Gasteiger partial charge in [0.05, 0.1) is 30.4 Å². The number of carbonyl (C=O) groups is 2. The van der Waals surface area contributed by atoms with Gasteiger partial charge < -0.3 is 14.8 Å². The first kappa shape index (κ1) is 20.8. The molecule has 3 rings (SSSR count). The van der Waals surface area contributed by atoms with Gasteiger partial charge in [-0.15, -0.1) is 0 Å². The van der Waals surface area contributed by atoms with Crippen LogP contribution in [0.2, 0.25) is 0 Å². The lowest BCUT2D eigenvalue weighted by Gasteiger charge is -2.16. The van der Waals surface area contributed by atoms with Crippen molar-refractivity contribution < 1.29 is 27.5 Å². The molecule has 8 nitrogen and oxygen atoms in total. The van der Waals surface area contributed by atoms with Crippen molar-refractivity contribution >= 4 is 27.6 Å². The lowest BCUT2D eigenvalue weighted by molar-refractivity contribution is 0.0601. The molecule has 0 aliphatic carbocycles. The minimum atomic E-state index is -3.64. The summed E-state index contributed by atoms with van der Waals surface area (Å²) in [5, 5.41) is 2.64. The van der Waals surface area contributed by atoms with Crippen molar-refractivity contribution in [2.75, 3.05) is 32.6 Å². The van der Waals surface area contributed by atoms with Crippen molar-refractivity contribution in [1.29, 1.82) is 0 Å². The summed E-state index contributed by atoms with van der Waals surface area (Å²) in [6.07, 6.45) is 1.65. The van der Waals surface area contributed by atoms with Gasteiger partial charge in [0.15, 0.2) is 0 Å². The number of sulfonamides is 1. The van der Waals surface area contributed by atoms with Crippen molar-refractivity contribution in [3.8, 4) is 5.75 Å². The van der Waals surface area contributed by atoms with Crippen LogP contribution >= 0.6 is 0 Å². The van der Waals surface area contributed by atoms with Gasteiger partial charge in [-0.1, -0.05) is 6.07 Å². The number of nitrogens with one attached hydrogen (secondary N) is 1. The number of anilines is 1. The van der Waals surface area contributed by atoms with E-state index in [4.69, 9.17) is 9.47 Å². The molecule has 0 atom stereocenters. The van der Waals surface area contributed by atoms with Crippen LogP contribution in [0.25, 0.3) is 0 Å². The van der Waals surface area contributed by atoms with E-state index in [-0.39, 0.29) is 21.7 Å². The molecule has 0 saturated carbocycles. The number of carbonyl (C=O) groups excluding carboxylic acids is 2. The molecule has 0 spiro atoms. The number of hydrogen-bond donors (Lipinski definition) is 1. The van der Waals surface area contributed by atoms with Crippen LogP contribution in [0.1, 0.15) is 33.6 Å². The molecular formula is C20H22N2O6S. The number of methoxy groups -OCH3 is 2. The fourth-order valence-corrected chi connectivity index (χ4v) is 4.67. The van der Waals surface area contributed by atoms with Gasteiger partial charge in [0.2, 0.25) is 10.0 Å². The zero-order chi connectivity index (χ0) is 21.0. The number of nitrogens with zero attached hydrogens (tertiary/aromatic N) is 1. The molecule has 1 fully saturated rings. The van der Waals surface area contributed by atoms with Gasteiger partial charge in [-0.05, 0) is 49.2 Å². The third-order valence-corrected chi connectivity index (χ3v) is 6.57. The second-order valence-corrected chi connectivity index (χ2v) is 8.43. The Morgan fingerprint density at radius 2 is 1.76 bits per heavy atom. The maximum atomic E-state index is 12.7. The van der Waals surface area contributed by atoms with Crippen LogP contribution in [0.15, 0.2) is 47.4 Å². The van der Waals surface area contributed by atoms with Gasteiger partial charge in [-0.2, -0.15) is 4.31 Å². The SMILES string of the molecule is COC(=O)c1cc(OC)ccc1NC(=O)c1cccc(S(=O)(=O)N2CCCC2)c1. The monoisotopic (exact) mass is 418 g/mol. The molecule has 1 amide bonds. The standard InChI is InChI=1S/C20H22N2O6S/c1-27-15-8-9-18(17(13-15)20(24)28-2)21-19(23)14-6-5-7-16(12-14)29(25,26)22-10-3-4-11-22/h5-9,12-13H,3-4,10-11H2,1-2H3,(H,21,23). The average Bonchev–Trinajstić information content (AvgIpc) is 3.29. The fourth-order valence-electron chi connectivity index (χ4n) is 3.11. The van der Waals surface area contributed by atoms with Crippen LogP contribution < -0.4 is 10.1 Å². The van der Waals surface area contributed by atoms with Crippen molar-refractivity contribution in [2.45, 2.75) is 17.7 Å². The molecule has 2 aromatic rings. The van der Waals surface area contributed by atoms with E-state index in [2.05, 4.69) is 5.32 Å². The van der Waals surface area contributed by atoms with Crippen LogP contribution in [0.5, 0.6) is 5.75 Å². The third-order valence-electron chi connectivity index (χ3n) is 4.68. The molecule has 1 heterocycles. The molecule has 0 unspecified atom stereocenters. The number of benzene rings is 2. The van der Waals surface area contributed by atoms with Crippen molar-refractivity contribution in [2.24, 2.45) is 0 Å². The summed E-state index contributed by atoms with van der Waals surface area (Å²) in [7, 11) is -0.944. The summed E-state index contributed by atoms with van der Waals surface area (Å²) < 4.78 is 36.8. The van der Waals surface area contributed by atoms with Gasteiger partial charge in [0, 0.05) is 18.7 Å². The second-order valence-electron chi connectivity index (χ2n) is 6.50. The summed E-state index contributed by atoms with van der Waals surface area (Å²) in [4.78, 5) is 24.8. The Balaban J connectivity index is 1.88. The van der Waals surface area contributed by atoms with Crippen molar-refractivity contribution in [3.63, 3.8) is 0 Å². The number of rotatable bonds is 6. The van der Waals surface area contributed by atoms with Crippen molar-refractivity contribution in [1.82, 2.24) is 4.31 Å². The lowest BCUT2D eigenvalue weighted by atomic mass is 10.1. The highest BCUT2D eigenvalue weighted by Crippen LogP contribution is 2.25. The topological polar surface area (TPSA) is 102 Å². The molecule has 154 valence electrons. The van der Waals surface area contributed by atoms with E-state index in [0.29, 0.717) is 18.8 Å². The Morgan fingerprint density at radius 3 is 2.41 bits per heavy atom. The highest BCUT2D eigenvalue weighted by Gasteiger charge is 2.27. The van der Waals surface area contributed by atoms with Crippen LogP contribution in [-0.2, 0) is 14.8 Å². The molecule has 1 saturated heterocycles. The molecule has 29 heavy (non-hydrogen) atoms. The van der Waals surface area contributed by atoms with Gasteiger partial charge in [-0.3, -0.25) is 4.79 Å². The predicted octanol–water partition coefficient (Wildman–Crippen LogP) is 2.52. The quantitative estimate of drug-likeness (QED) is 0.724. The molecular weight excluding hydrogens is 396 g/mol. The van der Waals surface area contributed by atoms with Crippen LogP contribution in [0.4, 0.5) is 5.69 Å². The zero-order valence-corrected chi connectivity index (χ0v) is 17.0. The summed E-state index contributed by atoms with van der Waals surface area (Å²) in [6.45, 7) is 0.959. The predicted molar refractivity (Wildman–Crippen MR) is 107 cm³/mol. The summed E-state index contributed by atoms with van der Waals surface area (Å²) in [5.74, 6) is -0.745. The Hall–Kier alpha value is -2.91. The third kappa shape index (κ3) is 4.41. The van der Waals surface area contributed by atoms with Gasteiger partial charge in [0.1, 0.15) is 5.75 Å². The molecule has 9 heteroatoms. The van der Waals surface area contributed by atoms with Crippen molar-refractivity contribution in [3.05, 3.63) is 53.6 Å². The first-order chi connectivity index (χ1) is 13.9. The number of esters is 1. The lowest BCUT2D eigenvalue weighted by Crippen LogP contribution is -2.28. The van der Waals surface area contributed by atoms with Crippen LogP contribution in [-0.4, -0.2) is 51.9 Å². The minimum absolute atomic E-state index is 0.0648. The van der Waals surface area contributed by atoms with E-state index in [1.807, 2.05) is 0 Å². The Bertz CT molecular complexity index is 1030. The Morgan fingerprint density at radius 1 is 1.03 bits per heavy atom. The summed E-state index contributed by atoms with van der Waals surface area (Å²) in [5.41, 5.74) is 0.522. The second kappa shape index (κ2) is 8.62. The van der Waals surface area contributed by atoms with Gasteiger partial charge in [-0.25, -0.2) is 13.2 Å². The van der Waals surface area contributed by atoms with Gasteiger partial charge in [0.25, 0.3) is 5.91 Å². The maximum absolute atomic E-state index is 12.7. The summed E-state index contributed by atoms with van der Waals surface area (Å²) >= 11 is 0. The molecule has 2 aromatic carbocycles. The molecule has 1 N–H and O–H groups in total. The van der Waals surface area contributed by atoms with Crippen LogP contribution in [0, 0.1) is 0 Å². The molecule has 0 bridgehead atoms. The highest BCUT2D eigenvalue weighted by molar-refractivity contribution is 7.89. The molecule has 0 aromatic heterocycles. The number of hydrogen-bond acceptors (Lipinski definition) is 6. The Kier molecular flexibility index (Phi) is 6.19. The fraction of sp³-hybridized carbons (Fsp3) is 0.300. The summed E-state index contributed by atoms with van der Waals surface area (Å²) in [6, 6.07) is 10.4. The number of ether oxygens (including phenoxy) is 2. The molecule has 1 aliphatic rings. The van der Waals surface area contributed by atoms with E-state index < -0.39 is 21.9 Å². The van der Waals surface area contributed by atoms with E-state index in [1.165, 1.54) is 54.9 Å². The first-order valence-corrected chi connectivity index (χ1v) is 10.5. The largest absolute Gasteiger partial charge is 0.497 e. The van der Waals surface area contributed by atoms with Gasteiger partial charge >= 0.3 is 5.97 Å². The average molecular weight is 418 g/mol. The van der Waals surface area contributed by atoms with Crippen LogP contribution in [0.3, 0.4) is 0 Å². The highest BCUT2D eigenvalue weighted by atomic mass is 32.2. The van der Waals surface area contributed by atoms with E-state index in [0.717, 1.165) is 12.8 Å². The molecule has 0 radical (unpaired) electrons. The first-order valence-electron chi connectivity index (χ1n) is 9.04. The van der Waals surface area contributed by atoms with E-state index in [1.54, 1.807) is 6.07 Å². The zero-order valence-electron chi connectivity index (χ0n) is 16.2. The smallest absolute Gasteiger partial charge is 0.340 e. The number of amides is 1. The van der Waals surface area contributed by atoms with E-state index in [9.17, 15) is 18.0 Å². The Labute approximate surface area is 169 Å². The minimum Gasteiger partial charge on any atom is -0.497 e. The van der Waals surface area contributed by atoms with E-state index >= 15 is 0 Å². The molecule has 1 aliphatic heterocycles. The maximum Gasteiger partial charge on any atom is 0.340 e. The normalized spacial score (nSPS) is 14.4.